The van der Waals surface area contributed by atoms with E-state index in [-0.39, 0.29) is 18.1 Å². The number of amides is 1. The summed E-state index contributed by atoms with van der Waals surface area (Å²) >= 11 is 0. The van der Waals surface area contributed by atoms with Crippen LogP contribution in [-0.4, -0.2) is 36.8 Å². The summed E-state index contributed by atoms with van der Waals surface area (Å²) in [7, 11) is 0. The molecule has 2 aromatic rings. The van der Waals surface area contributed by atoms with E-state index in [0.29, 0.717) is 18.9 Å². The van der Waals surface area contributed by atoms with E-state index < -0.39 is 6.10 Å². The van der Waals surface area contributed by atoms with Crippen molar-refractivity contribution >= 4 is 22.5 Å². The summed E-state index contributed by atoms with van der Waals surface area (Å²) in [6, 6.07) is 6.89. The molecular formula is C15H16N2O4. The lowest BCUT2D eigenvalue weighted by Crippen LogP contribution is -2.39. The number of nitrogens with one attached hydrogen (secondary N) is 2. The Morgan fingerprint density at radius 1 is 1.33 bits per heavy atom. The standard InChI is InChI=1S/C15H16N2O4/c1-9-6-14(18)17-12-3-2-10(7-11(9)12)16-15(19)13-8-20-4-5-21-13/h2-3,6-7,13H,4-5,8H2,1H3,(H,16,19)(H,17,18). The Kier molecular flexibility index (Phi) is 3.72. The zero-order valence-electron chi connectivity index (χ0n) is 11.6. The second-order valence-electron chi connectivity index (χ2n) is 5.00. The van der Waals surface area contributed by atoms with Crippen molar-refractivity contribution in [3.05, 3.63) is 40.2 Å². The number of anilines is 1. The van der Waals surface area contributed by atoms with Gasteiger partial charge in [-0.05, 0) is 30.7 Å². The summed E-state index contributed by atoms with van der Waals surface area (Å²) in [5, 5.41) is 3.71. The van der Waals surface area contributed by atoms with Gasteiger partial charge in [-0.2, -0.15) is 0 Å². The topological polar surface area (TPSA) is 80.4 Å². The van der Waals surface area contributed by atoms with Crippen molar-refractivity contribution in [3.8, 4) is 0 Å². The molecule has 1 aliphatic rings. The molecular weight excluding hydrogens is 272 g/mol. The van der Waals surface area contributed by atoms with Gasteiger partial charge in [0.25, 0.3) is 5.91 Å². The Labute approximate surface area is 121 Å². The molecule has 1 saturated heterocycles. The van der Waals surface area contributed by atoms with E-state index in [2.05, 4.69) is 10.3 Å². The highest BCUT2D eigenvalue weighted by Gasteiger charge is 2.22. The first kappa shape index (κ1) is 13.8. The second kappa shape index (κ2) is 5.67. The number of pyridine rings is 1. The van der Waals surface area contributed by atoms with Crippen molar-refractivity contribution in [2.75, 3.05) is 25.1 Å². The van der Waals surface area contributed by atoms with Crippen LogP contribution in [0.4, 0.5) is 5.69 Å². The molecule has 1 unspecified atom stereocenters. The van der Waals surface area contributed by atoms with Crippen LogP contribution in [0.5, 0.6) is 0 Å². The highest BCUT2D eigenvalue weighted by molar-refractivity contribution is 5.96. The Balaban J connectivity index is 1.84. The number of hydrogen-bond donors (Lipinski definition) is 2. The molecule has 1 aromatic carbocycles. The number of aryl methyl sites for hydroxylation is 1. The lowest BCUT2D eigenvalue weighted by molar-refractivity contribution is -0.142. The third-order valence-electron chi connectivity index (χ3n) is 3.43. The Bertz CT molecular complexity index is 732. The van der Waals surface area contributed by atoms with E-state index in [4.69, 9.17) is 9.47 Å². The van der Waals surface area contributed by atoms with Gasteiger partial charge in [0.05, 0.1) is 19.8 Å². The number of ether oxygens (including phenoxy) is 2. The lowest BCUT2D eigenvalue weighted by atomic mass is 10.1. The number of aromatic nitrogens is 1. The second-order valence-corrected chi connectivity index (χ2v) is 5.00. The van der Waals surface area contributed by atoms with Gasteiger partial charge in [0.15, 0.2) is 6.10 Å². The molecule has 1 amide bonds. The molecule has 0 bridgehead atoms. The van der Waals surface area contributed by atoms with Gasteiger partial charge in [-0.15, -0.1) is 0 Å². The van der Waals surface area contributed by atoms with Crippen LogP contribution < -0.4 is 10.9 Å². The van der Waals surface area contributed by atoms with Crippen LogP contribution in [0.15, 0.2) is 29.1 Å². The van der Waals surface area contributed by atoms with Gasteiger partial charge in [0.2, 0.25) is 5.56 Å². The summed E-state index contributed by atoms with van der Waals surface area (Å²) in [5.74, 6) is -0.226. The predicted octanol–water partition coefficient (Wildman–Crippen LogP) is 1.19. The van der Waals surface area contributed by atoms with E-state index in [1.165, 1.54) is 6.07 Å². The van der Waals surface area contributed by atoms with Crippen LogP contribution in [0.25, 0.3) is 10.9 Å². The van der Waals surface area contributed by atoms with E-state index in [1.807, 2.05) is 13.0 Å². The summed E-state index contributed by atoms with van der Waals surface area (Å²) in [6.07, 6.45) is -0.578. The molecule has 1 aromatic heterocycles. The van der Waals surface area contributed by atoms with Gasteiger partial charge >= 0.3 is 0 Å². The number of rotatable bonds is 2. The molecule has 0 aliphatic carbocycles. The summed E-state index contributed by atoms with van der Waals surface area (Å²) in [6.45, 7) is 3.08. The molecule has 1 atom stereocenters. The van der Waals surface area contributed by atoms with Crippen LogP contribution in [0.3, 0.4) is 0 Å². The fraction of sp³-hybridized carbons (Fsp3) is 0.333. The van der Waals surface area contributed by atoms with E-state index in [9.17, 15) is 9.59 Å². The third-order valence-corrected chi connectivity index (χ3v) is 3.43. The molecule has 21 heavy (non-hydrogen) atoms. The molecule has 1 fully saturated rings. The number of carbonyl (C=O) groups excluding carboxylic acids is 1. The van der Waals surface area contributed by atoms with Crippen molar-refractivity contribution in [1.82, 2.24) is 4.98 Å². The molecule has 0 saturated carbocycles. The minimum absolute atomic E-state index is 0.135. The number of carbonyl (C=O) groups is 1. The zero-order valence-corrected chi connectivity index (χ0v) is 11.6. The molecule has 6 heteroatoms. The van der Waals surface area contributed by atoms with Gasteiger partial charge in [-0.3, -0.25) is 9.59 Å². The maximum atomic E-state index is 12.1. The molecule has 110 valence electrons. The Hall–Kier alpha value is -2.18. The monoisotopic (exact) mass is 288 g/mol. The smallest absolute Gasteiger partial charge is 0.255 e. The van der Waals surface area contributed by atoms with Gasteiger partial charge in [0, 0.05) is 22.7 Å². The Morgan fingerprint density at radius 3 is 2.95 bits per heavy atom. The first-order valence-corrected chi connectivity index (χ1v) is 6.77. The van der Waals surface area contributed by atoms with E-state index >= 15 is 0 Å². The fourth-order valence-electron chi connectivity index (χ4n) is 2.36. The predicted molar refractivity (Wildman–Crippen MR) is 78.5 cm³/mol. The van der Waals surface area contributed by atoms with Crippen LogP contribution in [-0.2, 0) is 14.3 Å². The molecule has 2 N–H and O–H groups in total. The van der Waals surface area contributed by atoms with E-state index in [1.54, 1.807) is 12.1 Å². The molecule has 2 heterocycles. The van der Waals surface area contributed by atoms with Gasteiger partial charge in [0.1, 0.15) is 0 Å². The minimum atomic E-state index is -0.578. The van der Waals surface area contributed by atoms with Crippen molar-refractivity contribution in [2.24, 2.45) is 0 Å². The van der Waals surface area contributed by atoms with Gasteiger partial charge in [-0.25, -0.2) is 0 Å². The summed E-state index contributed by atoms with van der Waals surface area (Å²) in [5.41, 5.74) is 2.14. The third kappa shape index (κ3) is 2.96. The number of fused-ring (bicyclic) bond motifs is 1. The van der Waals surface area contributed by atoms with Crippen molar-refractivity contribution in [1.29, 1.82) is 0 Å². The highest BCUT2D eigenvalue weighted by Crippen LogP contribution is 2.20. The van der Waals surface area contributed by atoms with Crippen LogP contribution in [0, 0.1) is 6.92 Å². The largest absolute Gasteiger partial charge is 0.376 e. The average Bonchev–Trinajstić information content (AvgIpc) is 2.48. The SMILES string of the molecule is Cc1cc(=O)[nH]c2ccc(NC(=O)C3COCCO3)cc12. The van der Waals surface area contributed by atoms with Crippen LogP contribution in [0.2, 0.25) is 0 Å². The molecule has 0 spiro atoms. The maximum Gasteiger partial charge on any atom is 0.255 e. The summed E-state index contributed by atoms with van der Waals surface area (Å²) in [4.78, 5) is 26.2. The van der Waals surface area contributed by atoms with Gasteiger partial charge < -0.3 is 19.8 Å². The number of hydrogen-bond acceptors (Lipinski definition) is 4. The molecule has 3 rings (SSSR count). The average molecular weight is 288 g/mol. The van der Waals surface area contributed by atoms with Crippen molar-refractivity contribution in [3.63, 3.8) is 0 Å². The first-order valence-electron chi connectivity index (χ1n) is 6.77. The number of aromatic amines is 1. The van der Waals surface area contributed by atoms with Crippen LogP contribution in [0.1, 0.15) is 5.56 Å². The lowest BCUT2D eigenvalue weighted by Gasteiger charge is -2.22. The number of H-pyrrole nitrogens is 1. The van der Waals surface area contributed by atoms with Crippen LogP contribution >= 0.6 is 0 Å². The maximum absolute atomic E-state index is 12.1. The fourth-order valence-corrected chi connectivity index (χ4v) is 2.36. The highest BCUT2D eigenvalue weighted by atomic mass is 16.6. The number of benzene rings is 1. The Morgan fingerprint density at radius 2 is 2.19 bits per heavy atom. The van der Waals surface area contributed by atoms with Crippen molar-refractivity contribution in [2.45, 2.75) is 13.0 Å². The molecule has 1 aliphatic heterocycles. The summed E-state index contributed by atoms with van der Waals surface area (Å²) < 4.78 is 10.6. The normalized spacial score (nSPS) is 18.6. The van der Waals surface area contributed by atoms with Gasteiger partial charge in [-0.1, -0.05) is 0 Å². The first-order chi connectivity index (χ1) is 10.1. The zero-order chi connectivity index (χ0) is 14.8. The minimum Gasteiger partial charge on any atom is -0.376 e. The van der Waals surface area contributed by atoms with E-state index in [0.717, 1.165) is 16.5 Å². The molecule has 6 nitrogen and oxygen atoms in total. The van der Waals surface area contributed by atoms with Crippen molar-refractivity contribution < 1.29 is 14.3 Å². The quantitative estimate of drug-likeness (QED) is 0.870. The molecule has 0 radical (unpaired) electrons.